The van der Waals surface area contributed by atoms with Crippen molar-refractivity contribution in [1.29, 1.82) is 0 Å². The summed E-state index contributed by atoms with van der Waals surface area (Å²) in [7, 11) is 1.81. The highest BCUT2D eigenvalue weighted by Crippen LogP contribution is 2.40. The van der Waals surface area contributed by atoms with E-state index in [2.05, 4.69) is 32.0 Å². The first-order valence-corrected chi connectivity index (χ1v) is 6.97. The van der Waals surface area contributed by atoms with Crippen LogP contribution in [-0.2, 0) is 4.74 Å². The molecule has 2 heteroatoms. The molecule has 100 valence electrons. The van der Waals surface area contributed by atoms with Gasteiger partial charge in [-0.05, 0) is 43.4 Å². The number of methoxy groups -OCH3 is 1. The zero-order valence-corrected chi connectivity index (χ0v) is 11.8. The van der Waals surface area contributed by atoms with Crippen molar-refractivity contribution in [2.45, 2.75) is 57.6 Å². The first-order chi connectivity index (χ1) is 8.59. The van der Waals surface area contributed by atoms with Crippen LogP contribution in [0.2, 0.25) is 0 Å². The van der Waals surface area contributed by atoms with E-state index in [9.17, 15) is 0 Å². The zero-order chi connectivity index (χ0) is 13.2. The summed E-state index contributed by atoms with van der Waals surface area (Å²) in [4.78, 5) is 0. The molecule has 0 amide bonds. The molecule has 1 fully saturated rings. The molecule has 1 aliphatic carbocycles. The molecular weight excluding hydrogens is 222 g/mol. The maximum absolute atomic E-state index is 6.51. The number of aryl methyl sites for hydroxylation is 2. The zero-order valence-electron chi connectivity index (χ0n) is 11.8. The highest BCUT2D eigenvalue weighted by atomic mass is 16.5. The molecule has 0 aliphatic heterocycles. The Bertz CT molecular complexity index is 408. The van der Waals surface area contributed by atoms with E-state index in [0.29, 0.717) is 0 Å². The molecule has 1 aromatic rings. The average molecular weight is 247 g/mol. The topological polar surface area (TPSA) is 35.2 Å². The molecule has 1 aliphatic rings. The van der Waals surface area contributed by atoms with Gasteiger partial charge in [-0.1, -0.05) is 37.5 Å². The van der Waals surface area contributed by atoms with E-state index in [1.165, 1.54) is 36.0 Å². The van der Waals surface area contributed by atoms with Crippen molar-refractivity contribution in [3.05, 3.63) is 34.9 Å². The summed E-state index contributed by atoms with van der Waals surface area (Å²) in [6, 6.07) is 6.52. The number of hydrogen-bond donors (Lipinski definition) is 1. The lowest BCUT2D eigenvalue weighted by atomic mass is 9.76. The molecule has 18 heavy (non-hydrogen) atoms. The number of hydrogen-bond acceptors (Lipinski definition) is 2. The molecule has 0 spiro atoms. The third kappa shape index (κ3) is 2.45. The van der Waals surface area contributed by atoms with Gasteiger partial charge in [0.25, 0.3) is 0 Å². The lowest BCUT2D eigenvalue weighted by Crippen LogP contribution is -2.44. The Hall–Kier alpha value is -0.860. The lowest BCUT2D eigenvalue weighted by Gasteiger charge is -2.41. The molecule has 1 atom stereocenters. The summed E-state index contributed by atoms with van der Waals surface area (Å²) < 4.78 is 5.84. The van der Waals surface area contributed by atoms with Gasteiger partial charge in [0.1, 0.15) is 0 Å². The maximum Gasteiger partial charge on any atom is 0.0870 e. The van der Waals surface area contributed by atoms with Crippen LogP contribution >= 0.6 is 0 Å². The fraction of sp³-hybridized carbons (Fsp3) is 0.625. The number of benzene rings is 1. The quantitative estimate of drug-likeness (QED) is 0.884. The van der Waals surface area contributed by atoms with Gasteiger partial charge in [0.05, 0.1) is 11.6 Å². The van der Waals surface area contributed by atoms with Crippen molar-refractivity contribution < 1.29 is 4.74 Å². The largest absolute Gasteiger partial charge is 0.376 e. The van der Waals surface area contributed by atoms with Crippen LogP contribution in [0.3, 0.4) is 0 Å². The van der Waals surface area contributed by atoms with Crippen molar-refractivity contribution in [1.82, 2.24) is 0 Å². The van der Waals surface area contributed by atoms with Crippen molar-refractivity contribution in [3.8, 4) is 0 Å². The van der Waals surface area contributed by atoms with Gasteiger partial charge in [0, 0.05) is 7.11 Å². The Morgan fingerprint density at radius 3 is 2.33 bits per heavy atom. The average Bonchev–Trinajstić information content (AvgIpc) is 2.42. The fourth-order valence-electron chi connectivity index (χ4n) is 3.05. The van der Waals surface area contributed by atoms with Crippen LogP contribution in [0.4, 0.5) is 0 Å². The van der Waals surface area contributed by atoms with Gasteiger partial charge in [-0.3, -0.25) is 0 Å². The molecule has 1 aromatic carbocycles. The van der Waals surface area contributed by atoms with E-state index in [1.807, 2.05) is 7.11 Å². The molecule has 0 radical (unpaired) electrons. The van der Waals surface area contributed by atoms with E-state index in [-0.39, 0.29) is 11.6 Å². The summed E-state index contributed by atoms with van der Waals surface area (Å²) in [6.07, 6.45) is 5.93. The maximum atomic E-state index is 6.51. The minimum absolute atomic E-state index is 0.0119. The van der Waals surface area contributed by atoms with Crippen LogP contribution in [0, 0.1) is 13.8 Å². The van der Waals surface area contributed by atoms with Crippen LogP contribution in [0.5, 0.6) is 0 Å². The van der Waals surface area contributed by atoms with E-state index in [4.69, 9.17) is 10.5 Å². The van der Waals surface area contributed by atoms with E-state index >= 15 is 0 Å². The Morgan fingerprint density at radius 2 is 1.78 bits per heavy atom. The van der Waals surface area contributed by atoms with Gasteiger partial charge in [0.15, 0.2) is 0 Å². The summed E-state index contributed by atoms with van der Waals surface area (Å²) in [6.45, 7) is 4.28. The molecule has 1 saturated carbocycles. The molecule has 0 saturated heterocycles. The van der Waals surface area contributed by atoms with Crippen LogP contribution in [0.25, 0.3) is 0 Å². The first-order valence-electron chi connectivity index (χ1n) is 6.97. The Labute approximate surface area is 111 Å². The molecular formula is C16H25NO. The standard InChI is InChI=1S/C16H25NO/c1-12-7-8-14(11-13(12)2)15(17)16(18-3)9-5-4-6-10-16/h7-8,11,15H,4-6,9-10,17H2,1-3H3. The molecule has 0 heterocycles. The van der Waals surface area contributed by atoms with Crippen LogP contribution in [0.15, 0.2) is 18.2 Å². The SMILES string of the molecule is COC1(C(N)c2ccc(C)c(C)c2)CCCCC1. The first kappa shape index (κ1) is 13.6. The van der Waals surface area contributed by atoms with Crippen molar-refractivity contribution >= 4 is 0 Å². The molecule has 1 unspecified atom stereocenters. The predicted molar refractivity (Wildman–Crippen MR) is 75.7 cm³/mol. The monoisotopic (exact) mass is 247 g/mol. The number of ether oxygens (including phenoxy) is 1. The Kier molecular flexibility index (Phi) is 4.08. The van der Waals surface area contributed by atoms with Crippen molar-refractivity contribution in [3.63, 3.8) is 0 Å². The van der Waals surface area contributed by atoms with Gasteiger partial charge in [-0.25, -0.2) is 0 Å². The van der Waals surface area contributed by atoms with E-state index in [0.717, 1.165) is 12.8 Å². The van der Waals surface area contributed by atoms with Gasteiger partial charge in [0.2, 0.25) is 0 Å². The lowest BCUT2D eigenvalue weighted by molar-refractivity contribution is -0.0595. The van der Waals surface area contributed by atoms with Crippen LogP contribution in [0.1, 0.15) is 54.8 Å². The van der Waals surface area contributed by atoms with Crippen molar-refractivity contribution in [2.24, 2.45) is 5.73 Å². The summed E-state index contributed by atoms with van der Waals surface area (Å²) >= 11 is 0. The highest BCUT2D eigenvalue weighted by Gasteiger charge is 2.38. The van der Waals surface area contributed by atoms with Crippen LogP contribution < -0.4 is 5.73 Å². The minimum atomic E-state index is -0.153. The molecule has 0 aromatic heterocycles. The fourth-order valence-corrected chi connectivity index (χ4v) is 3.05. The van der Waals surface area contributed by atoms with Crippen LogP contribution in [-0.4, -0.2) is 12.7 Å². The Morgan fingerprint density at radius 1 is 1.11 bits per heavy atom. The minimum Gasteiger partial charge on any atom is -0.376 e. The second-order valence-electron chi connectivity index (χ2n) is 5.65. The highest BCUT2D eigenvalue weighted by molar-refractivity contribution is 5.33. The third-order valence-electron chi connectivity index (χ3n) is 4.56. The molecule has 2 nitrogen and oxygen atoms in total. The summed E-state index contributed by atoms with van der Waals surface area (Å²) in [5.41, 5.74) is 10.2. The normalized spacial score (nSPS) is 20.7. The van der Waals surface area contributed by atoms with E-state index in [1.54, 1.807) is 0 Å². The molecule has 2 N–H and O–H groups in total. The predicted octanol–water partition coefficient (Wildman–Crippen LogP) is 3.65. The second-order valence-corrected chi connectivity index (χ2v) is 5.65. The summed E-state index contributed by atoms with van der Waals surface area (Å²) in [5, 5.41) is 0. The van der Waals surface area contributed by atoms with Gasteiger partial charge in [-0.15, -0.1) is 0 Å². The van der Waals surface area contributed by atoms with Gasteiger partial charge >= 0.3 is 0 Å². The van der Waals surface area contributed by atoms with Gasteiger partial charge in [-0.2, -0.15) is 0 Å². The van der Waals surface area contributed by atoms with Gasteiger partial charge < -0.3 is 10.5 Å². The van der Waals surface area contributed by atoms with E-state index < -0.39 is 0 Å². The Balaban J connectivity index is 2.27. The number of rotatable bonds is 3. The number of nitrogens with two attached hydrogens (primary N) is 1. The third-order valence-corrected chi connectivity index (χ3v) is 4.56. The molecule has 2 rings (SSSR count). The smallest absolute Gasteiger partial charge is 0.0870 e. The van der Waals surface area contributed by atoms with Crippen molar-refractivity contribution in [2.75, 3.05) is 7.11 Å². The molecule has 0 bridgehead atoms. The summed E-state index contributed by atoms with van der Waals surface area (Å²) in [5.74, 6) is 0. The second kappa shape index (κ2) is 5.41.